The highest BCUT2D eigenvalue weighted by Crippen LogP contribution is 2.13. The lowest BCUT2D eigenvalue weighted by atomic mass is 10.0. The molecule has 0 amide bonds. The number of hydrogen-bond acceptors (Lipinski definition) is 6. The summed E-state index contributed by atoms with van der Waals surface area (Å²) in [6.45, 7) is 10.2. The molecule has 7 nitrogen and oxygen atoms in total. The number of aliphatic hydroxyl groups is 4. The molecule has 0 saturated carbocycles. The molecule has 4 atom stereocenters. The normalized spacial score (nSPS) is 14.9. The molecule has 0 aliphatic carbocycles. The summed E-state index contributed by atoms with van der Waals surface area (Å²) in [7, 11) is 0. The van der Waals surface area contributed by atoms with Crippen LogP contribution in [0.2, 0.25) is 0 Å². The third-order valence-corrected chi connectivity index (χ3v) is 4.84. The highest BCUT2D eigenvalue weighted by atomic mass is 16.5. The van der Waals surface area contributed by atoms with Gasteiger partial charge in [-0.2, -0.15) is 0 Å². The molecule has 0 aromatic carbocycles. The monoisotopic (exact) mass is 426 g/mol. The van der Waals surface area contributed by atoms with Gasteiger partial charge in [0.15, 0.2) is 0 Å². The first kappa shape index (κ1) is 33.4. The Morgan fingerprint density at radius 2 is 0.966 bits per heavy atom. The van der Waals surface area contributed by atoms with Gasteiger partial charge in [-0.15, -0.1) is 0 Å². The summed E-state index contributed by atoms with van der Waals surface area (Å²) in [5.41, 5.74) is 0. The van der Waals surface area contributed by atoms with Crippen molar-refractivity contribution in [1.29, 1.82) is 0 Å². The van der Waals surface area contributed by atoms with Crippen LogP contribution in [-0.4, -0.2) is 77.8 Å². The van der Waals surface area contributed by atoms with E-state index in [9.17, 15) is 0 Å². The Morgan fingerprint density at radius 1 is 0.621 bits per heavy atom. The van der Waals surface area contributed by atoms with Gasteiger partial charge in [0.05, 0.1) is 26.4 Å². The van der Waals surface area contributed by atoms with E-state index >= 15 is 0 Å². The van der Waals surface area contributed by atoms with Crippen LogP contribution in [0.4, 0.5) is 0 Å². The average Bonchev–Trinajstić information content (AvgIpc) is 2.72. The van der Waals surface area contributed by atoms with Crippen molar-refractivity contribution in [1.82, 2.24) is 0 Å². The Bertz CT molecular complexity index is 264. The van der Waals surface area contributed by atoms with E-state index in [1.54, 1.807) is 0 Å². The highest BCUT2D eigenvalue weighted by Gasteiger charge is 2.08. The first-order valence-electron chi connectivity index (χ1n) is 11.2. The predicted octanol–water partition coefficient (Wildman–Crippen LogP) is 2.32. The molecule has 0 bridgehead atoms. The van der Waals surface area contributed by atoms with Crippen molar-refractivity contribution < 1.29 is 35.4 Å². The fraction of sp³-hybridized carbons (Fsp3) is 1.00. The molecule has 0 aromatic rings. The van der Waals surface area contributed by atoms with Crippen LogP contribution in [0.15, 0.2) is 0 Å². The Hall–Kier alpha value is -0.280. The number of aliphatic hydroxyl groups excluding tert-OH is 4. The second-order valence-corrected chi connectivity index (χ2v) is 7.58. The summed E-state index contributed by atoms with van der Waals surface area (Å²) in [6, 6.07) is 0. The van der Waals surface area contributed by atoms with Crippen LogP contribution in [0.5, 0.6) is 0 Å². The predicted molar refractivity (Wildman–Crippen MR) is 118 cm³/mol. The van der Waals surface area contributed by atoms with Crippen molar-refractivity contribution in [2.75, 3.05) is 39.6 Å². The maximum Gasteiger partial charge on any atom is 0.100 e. The lowest BCUT2D eigenvalue weighted by Gasteiger charge is -2.15. The van der Waals surface area contributed by atoms with Gasteiger partial charge in [0.1, 0.15) is 12.2 Å². The number of hydrogen-bond donors (Lipinski definition) is 4. The van der Waals surface area contributed by atoms with Gasteiger partial charge in [0, 0.05) is 13.2 Å². The molecule has 29 heavy (non-hydrogen) atoms. The standard InChI is InChI=1S/2C11H24O3.H2O/c2*1-3-5-6-10(4-2)8-14-9-11(13)7-12;/h2*10-13H,3-9H2,1-2H3;1H2. The lowest BCUT2D eigenvalue weighted by molar-refractivity contribution is -0.00599. The molecule has 0 aliphatic rings. The molecule has 7 heteroatoms. The largest absolute Gasteiger partial charge is 0.412 e. The molecule has 0 fully saturated rings. The van der Waals surface area contributed by atoms with E-state index in [1.165, 1.54) is 38.5 Å². The van der Waals surface area contributed by atoms with Gasteiger partial charge in [0.2, 0.25) is 0 Å². The highest BCUT2D eigenvalue weighted by molar-refractivity contribution is 4.58. The van der Waals surface area contributed by atoms with Crippen LogP contribution in [0.1, 0.15) is 79.1 Å². The SMILES string of the molecule is CCCCC(CC)COCC(O)CO.CCCCC(CC)COCC(O)CO.O. The van der Waals surface area contributed by atoms with Gasteiger partial charge < -0.3 is 35.4 Å². The fourth-order valence-corrected chi connectivity index (χ4v) is 2.64. The van der Waals surface area contributed by atoms with Crippen molar-refractivity contribution in [2.24, 2.45) is 11.8 Å². The van der Waals surface area contributed by atoms with E-state index in [0.29, 0.717) is 25.0 Å². The number of rotatable bonds is 18. The molecule has 0 rings (SSSR count). The van der Waals surface area contributed by atoms with E-state index in [1.807, 2.05) is 0 Å². The fourth-order valence-electron chi connectivity index (χ4n) is 2.64. The summed E-state index contributed by atoms with van der Waals surface area (Å²) in [5.74, 6) is 1.20. The van der Waals surface area contributed by atoms with Gasteiger partial charge in [-0.3, -0.25) is 0 Å². The Labute approximate surface area is 178 Å². The topological polar surface area (TPSA) is 131 Å². The third kappa shape index (κ3) is 23.9. The summed E-state index contributed by atoms with van der Waals surface area (Å²) >= 11 is 0. The lowest BCUT2D eigenvalue weighted by Crippen LogP contribution is -2.21. The van der Waals surface area contributed by atoms with Gasteiger partial charge in [0.25, 0.3) is 0 Å². The Kier molecular flexibility index (Phi) is 29.6. The maximum atomic E-state index is 9.04. The van der Waals surface area contributed by atoms with Crippen LogP contribution in [0.25, 0.3) is 0 Å². The first-order chi connectivity index (χ1) is 13.5. The molecular formula is C22H50O7. The number of ether oxygens (including phenoxy) is 2. The summed E-state index contributed by atoms with van der Waals surface area (Å²) in [4.78, 5) is 0. The van der Waals surface area contributed by atoms with Crippen molar-refractivity contribution in [2.45, 2.75) is 91.3 Å². The molecular weight excluding hydrogens is 376 g/mol. The molecule has 180 valence electrons. The van der Waals surface area contributed by atoms with Crippen LogP contribution >= 0.6 is 0 Å². The van der Waals surface area contributed by atoms with Gasteiger partial charge in [-0.25, -0.2) is 0 Å². The summed E-state index contributed by atoms with van der Waals surface area (Å²) in [6.07, 6.45) is 8.10. The van der Waals surface area contributed by atoms with Crippen molar-refractivity contribution in [3.63, 3.8) is 0 Å². The smallest absolute Gasteiger partial charge is 0.100 e. The summed E-state index contributed by atoms with van der Waals surface area (Å²) < 4.78 is 10.7. The van der Waals surface area contributed by atoms with E-state index in [0.717, 1.165) is 12.8 Å². The average molecular weight is 427 g/mol. The van der Waals surface area contributed by atoms with E-state index in [-0.39, 0.29) is 31.9 Å². The molecule has 0 spiro atoms. The van der Waals surface area contributed by atoms with E-state index in [2.05, 4.69) is 27.7 Å². The van der Waals surface area contributed by atoms with Crippen molar-refractivity contribution in [3.8, 4) is 0 Å². The maximum absolute atomic E-state index is 9.04. The van der Waals surface area contributed by atoms with Crippen LogP contribution in [0.3, 0.4) is 0 Å². The minimum atomic E-state index is -0.723. The van der Waals surface area contributed by atoms with Crippen LogP contribution in [0, 0.1) is 11.8 Å². The van der Waals surface area contributed by atoms with Gasteiger partial charge in [-0.1, -0.05) is 66.2 Å². The second-order valence-electron chi connectivity index (χ2n) is 7.58. The Balaban J connectivity index is -0.000000451. The van der Waals surface area contributed by atoms with Gasteiger partial charge >= 0.3 is 0 Å². The first-order valence-corrected chi connectivity index (χ1v) is 11.2. The minimum Gasteiger partial charge on any atom is -0.412 e. The zero-order valence-corrected chi connectivity index (χ0v) is 19.3. The van der Waals surface area contributed by atoms with E-state index < -0.39 is 12.2 Å². The zero-order chi connectivity index (χ0) is 21.6. The molecule has 4 unspecified atom stereocenters. The quantitative estimate of drug-likeness (QED) is 0.266. The molecule has 6 N–H and O–H groups in total. The third-order valence-electron chi connectivity index (χ3n) is 4.84. The summed E-state index contributed by atoms with van der Waals surface area (Å²) in [5, 5.41) is 35.2. The molecule has 0 aliphatic heterocycles. The molecule has 0 saturated heterocycles. The second kappa shape index (κ2) is 25.8. The van der Waals surface area contributed by atoms with Gasteiger partial charge in [-0.05, 0) is 24.7 Å². The Morgan fingerprint density at radius 3 is 1.21 bits per heavy atom. The molecule has 0 heterocycles. The van der Waals surface area contributed by atoms with Crippen molar-refractivity contribution >= 4 is 0 Å². The van der Waals surface area contributed by atoms with Crippen LogP contribution in [-0.2, 0) is 9.47 Å². The zero-order valence-electron chi connectivity index (χ0n) is 19.3. The molecule has 0 aromatic heterocycles. The number of unbranched alkanes of at least 4 members (excludes halogenated alkanes) is 2. The van der Waals surface area contributed by atoms with Crippen molar-refractivity contribution in [3.05, 3.63) is 0 Å². The van der Waals surface area contributed by atoms with E-state index in [4.69, 9.17) is 29.9 Å². The van der Waals surface area contributed by atoms with Crippen LogP contribution < -0.4 is 0 Å². The molecule has 0 radical (unpaired) electrons. The minimum absolute atomic E-state index is 0.